The fraction of sp³-hybridized carbons (Fsp3) is 0.917. The Morgan fingerprint density at radius 3 is 2.43 bits per heavy atom. The van der Waals surface area contributed by atoms with E-state index in [1.54, 1.807) is 0 Å². The lowest BCUT2D eigenvalue weighted by Crippen LogP contribution is -2.38. The molecule has 82 valence electrons. The average Bonchev–Trinajstić information content (AvgIpc) is 2.93. The summed E-state index contributed by atoms with van der Waals surface area (Å²) in [5.41, 5.74) is 0. The van der Waals surface area contributed by atoms with Crippen LogP contribution in [0.25, 0.3) is 0 Å². The summed E-state index contributed by atoms with van der Waals surface area (Å²) in [7, 11) is 0. The summed E-state index contributed by atoms with van der Waals surface area (Å²) < 4.78 is 0. The smallest absolute Gasteiger partial charge is 0.0991 e. The highest BCUT2D eigenvalue weighted by atomic mass is 15.2. The molecule has 0 aromatic carbocycles. The zero-order chi connectivity index (χ0) is 10.6. The summed E-state index contributed by atoms with van der Waals surface area (Å²) in [6, 6.07) is 0.500. The van der Waals surface area contributed by atoms with Crippen LogP contribution in [0.4, 0.5) is 0 Å². The van der Waals surface area contributed by atoms with Gasteiger partial charge in [-0.15, -0.1) is 0 Å². The maximum Gasteiger partial charge on any atom is 0.0991 e. The van der Waals surface area contributed by atoms with Gasteiger partial charge in [0.25, 0.3) is 0 Å². The van der Waals surface area contributed by atoms with Gasteiger partial charge in [-0.05, 0) is 33.1 Å². The van der Waals surface area contributed by atoms with E-state index in [0.29, 0.717) is 12.0 Å². The van der Waals surface area contributed by atoms with Gasteiger partial charge < -0.3 is 4.90 Å². The van der Waals surface area contributed by atoms with Gasteiger partial charge in [-0.2, -0.15) is 0 Å². The lowest BCUT2D eigenvalue weighted by atomic mass is 10.2. The molecule has 1 saturated carbocycles. The van der Waals surface area contributed by atoms with Crippen molar-refractivity contribution in [2.75, 3.05) is 6.54 Å². The third-order valence-electron chi connectivity index (χ3n) is 2.90. The number of hydrogen-bond acceptors (Lipinski definition) is 1. The molecule has 0 bridgehead atoms. The second kappa shape index (κ2) is 5.38. The summed E-state index contributed by atoms with van der Waals surface area (Å²) >= 11 is 0. The SMILES string of the molecule is CCCCCN(C(=N)C1CC1)C(C)C. The van der Waals surface area contributed by atoms with Crippen LogP contribution >= 0.6 is 0 Å². The predicted molar refractivity (Wildman–Crippen MR) is 61.8 cm³/mol. The van der Waals surface area contributed by atoms with Crippen molar-refractivity contribution in [1.29, 1.82) is 5.41 Å². The predicted octanol–water partition coefficient (Wildman–Crippen LogP) is 3.27. The van der Waals surface area contributed by atoms with E-state index in [4.69, 9.17) is 5.41 Å². The molecule has 2 heteroatoms. The molecular weight excluding hydrogens is 172 g/mol. The van der Waals surface area contributed by atoms with Crippen LogP contribution in [-0.4, -0.2) is 23.3 Å². The van der Waals surface area contributed by atoms with Crippen molar-refractivity contribution in [2.24, 2.45) is 5.92 Å². The van der Waals surface area contributed by atoms with E-state index >= 15 is 0 Å². The van der Waals surface area contributed by atoms with Gasteiger partial charge in [-0.25, -0.2) is 0 Å². The molecule has 1 aliphatic carbocycles. The van der Waals surface area contributed by atoms with Gasteiger partial charge in [0.05, 0.1) is 5.84 Å². The van der Waals surface area contributed by atoms with Gasteiger partial charge >= 0.3 is 0 Å². The van der Waals surface area contributed by atoms with Crippen LogP contribution < -0.4 is 0 Å². The number of unbranched alkanes of at least 4 members (excludes halogenated alkanes) is 2. The molecule has 0 aromatic heterocycles. The molecule has 0 aromatic rings. The lowest BCUT2D eigenvalue weighted by Gasteiger charge is -2.29. The molecule has 0 heterocycles. The quantitative estimate of drug-likeness (QED) is 0.394. The minimum Gasteiger partial charge on any atom is -0.358 e. The van der Waals surface area contributed by atoms with Crippen LogP contribution in [0.3, 0.4) is 0 Å². The summed E-state index contributed by atoms with van der Waals surface area (Å²) in [5.74, 6) is 1.50. The first kappa shape index (κ1) is 11.5. The molecule has 0 amide bonds. The standard InChI is InChI=1S/C12H24N2/c1-4-5-6-9-14(10(2)3)12(13)11-7-8-11/h10-11,13H,4-9H2,1-3H3. The molecule has 0 radical (unpaired) electrons. The molecule has 1 N–H and O–H groups in total. The average molecular weight is 196 g/mol. The Balaban J connectivity index is 2.33. The van der Waals surface area contributed by atoms with Crippen molar-refractivity contribution < 1.29 is 0 Å². The fourth-order valence-electron chi connectivity index (χ4n) is 1.78. The Bertz CT molecular complexity index is 183. The Morgan fingerprint density at radius 1 is 1.36 bits per heavy atom. The van der Waals surface area contributed by atoms with Gasteiger partial charge in [-0.1, -0.05) is 19.8 Å². The summed E-state index contributed by atoms with van der Waals surface area (Å²) in [4.78, 5) is 2.29. The minimum atomic E-state index is 0.500. The lowest BCUT2D eigenvalue weighted by molar-refractivity contribution is 0.329. The van der Waals surface area contributed by atoms with Gasteiger partial charge in [0.1, 0.15) is 0 Å². The van der Waals surface area contributed by atoms with E-state index in [2.05, 4.69) is 25.7 Å². The number of nitrogens with zero attached hydrogens (tertiary/aromatic N) is 1. The van der Waals surface area contributed by atoms with E-state index in [0.717, 1.165) is 12.4 Å². The number of amidine groups is 1. The highest BCUT2D eigenvalue weighted by Crippen LogP contribution is 2.31. The first-order valence-electron chi connectivity index (χ1n) is 6.02. The topological polar surface area (TPSA) is 27.1 Å². The van der Waals surface area contributed by atoms with Gasteiger partial charge in [0, 0.05) is 18.5 Å². The van der Waals surface area contributed by atoms with Gasteiger partial charge in [-0.3, -0.25) is 5.41 Å². The molecule has 0 saturated heterocycles. The molecule has 1 rings (SSSR count). The summed E-state index contributed by atoms with van der Waals surface area (Å²) in [5, 5.41) is 8.06. The molecule has 2 nitrogen and oxygen atoms in total. The molecule has 1 aliphatic rings. The van der Waals surface area contributed by atoms with Crippen molar-refractivity contribution in [3.8, 4) is 0 Å². The summed E-state index contributed by atoms with van der Waals surface area (Å²) in [6.07, 6.45) is 6.29. The number of rotatable bonds is 6. The van der Waals surface area contributed by atoms with E-state index in [9.17, 15) is 0 Å². The molecule has 0 spiro atoms. The normalized spacial score (nSPS) is 16.0. The number of hydrogen-bond donors (Lipinski definition) is 1. The van der Waals surface area contributed by atoms with Gasteiger partial charge in [0.2, 0.25) is 0 Å². The van der Waals surface area contributed by atoms with Gasteiger partial charge in [0.15, 0.2) is 0 Å². The van der Waals surface area contributed by atoms with Crippen molar-refractivity contribution in [3.63, 3.8) is 0 Å². The molecule has 0 unspecified atom stereocenters. The van der Waals surface area contributed by atoms with E-state index in [1.165, 1.54) is 32.1 Å². The van der Waals surface area contributed by atoms with Crippen LogP contribution in [0.1, 0.15) is 52.9 Å². The molecule has 0 atom stereocenters. The monoisotopic (exact) mass is 196 g/mol. The maximum absolute atomic E-state index is 8.06. The highest BCUT2D eigenvalue weighted by Gasteiger charge is 2.30. The third kappa shape index (κ3) is 3.32. The van der Waals surface area contributed by atoms with Crippen LogP contribution in [0.2, 0.25) is 0 Å². The molecule has 0 aliphatic heterocycles. The Kier molecular flexibility index (Phi) is 4.43. The van der Waals surface area contributed by atoms with Crippen molar-refractivity contribution in [2.45, 2.75) is 58.9 Å². The second-order valence-corrected chi connectivity index (χ2v) is 4.65. The van der Waals surface area contributed by atoms with Crippen molar-refractivity contribution >= 4 is 5.84 Å². The first-order chi connectivity index (χ1) is 6.66. The third-order valence-corrected chi connectivity index (χ3v) is 2.90. The van der Waals surface area contributed by atoms with E-state index < -0.39 is 0 Å². The van der Waals surface area contributed by atoms with E-state index in [1.807, 2.05) is 0 Å². The Hall–Kier alpha value is -0.530. The van der Waals surface area contributed by atoms with Crippen molar-refractivity contribution in [3.05, 3.63) is 0 Å². The zero-order valence-electron chi connectivity index (χ0n) is 9.84. The van der Waals surface area contributed by atoms with Crippen LogP contribution in [0.5, 0.6) is 0 Å². The number of nitrogens with one attached hydrogen (secondary N) is 1. The van der Waals surface area contributed by atoms with Crippen LogP contribution in [0, 0.1) is 11.3 Å². The summed E-state index contributed by atoms with van der Waals surface area (Å²) in [6.45, 7) is 7.71. The molecular formula is C12H24N2. The Labute approximate surface area is 88.2 Å². The molecule has 1 fully saturated rings. The van der Waals surface area contributed by atoms with Crippen LogP contribution in [-0.2, 0) is 0 Å². The van der Waals surface area contributed by atoms with E-state index in [-0.39, 0.29) is 0 Å². The highest BCUT2D eigenvalue weighted by molar-refractivity contribution is 5.84. The second-order valence-electron chi connectivity index (χ2n) is 4.65. The molecule has 14 heavy (non-hydrogen) atoms. The maximum atomic E-state index is 8.06. The van der Waals surface area contributed by atoms with Crippen molar-refractivity contribution in [1.82, 2.24) is 4.90 Å². The first-order valence-corrected chi connectivity index (χ1v) is 6.02. The van der Waals surface area contributed by atoms with Crippen LogP contribution in [0.15, 0.2) is 0 Å². The largest absolute Gasteiger partial charge is 0.358 e. The Morgan fingerprint density at radius 2 is 2.00 bits per heavy atom. The fourth-order valence-corrected chi connectivity index (χ4v) is 1.78. The zero-order valence-corrected chi connectivity index (χ0v) is 9.84. The minimum absolute atomic E-state index is 0.500.